The van der Waals surface area contributed by atoms with Crippen molar-refractivity contribution in [2.45, 2.75) is 58.7 Å². The summed E-state index contributed by atoms with van der Waals surface area (Å²) in [5.74, 6) is -0.258. The minimum absolute atomic E-state index is 0.0312. The Kier molecular flexibility index (Phi) is 11.1. The third-order valence-electron chi connectivity index (χ3n) is 5.46. The van der Waals surface area contributed by atoms with Gasteiger partial charge in [0.15, 0.2) is 0 Å². The number of nitrogens with zero attached hydrogens (tertiary/aromatic N) is 1. The molecule has 2 aromatic carbocycles. The number of benzene rings is 2. The van der Waals surface area contributed by atoms with Crippen LogP contribution in [-0.2, 0) is 14.3 Å². The Hall–Kier alpha value is -2.91. The second kappa shape index (κ2) is 13.6. The van der Waals surface area contributed by atoms with E-state index in [0.717, 1.165) is 5.56 Å². The zero-order valence-electron chi connectivity index (χ0n) is 22.1. The molecule has 0 aromatic heterocycles. The van der Waals surface area contributed by atoms with E-state index in [1.54, 1.807) is 52.0 Å². The second-order valence-electron chi connectivity index (χ2n) is 9.52. The van der Waals surface area contributed by atoms with Gasteiger partial charge in [-0.3, -0.25) is 9.59 Å². The van der Waals surface area contributed by atoms with Gasteiger partial charge in [-0.2, -0.15) is 11.8 Å². The minimum Gasteiger partial charge on any atom is -0.508 e. The molecule has 0 aliphatic carbocycles. The molecule has 8 nitrogen and oxygen atoms in total. The van der Waals surface area contributed by atoms with Gasteiger partial charge in [0.25, 0.3) is 5.91 Å². The van der Waals surface area contributed by atoms with E-state index in [-0.39, 0.29) is 12.3 Å². The van der Waals surface area contributed by atoms with Crippen LogP contribution in [0.3, 0.4) is 0 Å². The number of phenolic OH excluding ortho intramolecular Hbond substituents is 1. The van der Waals surface area contributed by atoms with E-state index < -0.39 is 35.6 Å². The van der Waals surface area contributed by atoms with Crippen molar-refractivity contribution in [3.63, 3.8) is 0 Å². The Balaban J connectivity index is 2.46. The number of rotatable bonds is 10. The number of carbonyl (C=O) groups is 3. The number of nitrogens with one attached hydrogen (secondary N) is 2. The number of alkyl carbamates (subject to hydrolysis) is 1. The maximum absolute atomic E-state index is 13.8. The van der Waals surface area contributed by atoms with Crippen molar-refractivity contribution in [1.29, 1.82) is 0 Å². The number of para-hydroxylation sites is 1. The molecule has 0 saturated heterocycles. The number of aromatic hydroxyl groups is 1. The predicted octanol–water partition coefficient (Wildman–Crippen LogP) is 5.53. The van der Waals surface area contributed by atoms with Crippen molar-refractivity contribution < 1.29 is 24.2 Å². The highest BCUT2D eigenvalue weighted by molar-refractivity contribution is 7.98. The molecule has 202 valence electrons. The fourth-order valence-corrected chi connectivity index (χ4v) is 4.46. The number of carbonyl (C=O) groups excluding carboxylic acids is 3. The normalized spacial score (nSPS) is 12.8. The van der Waals surface area contributed by atoms with Gasteiger partial charge in [0.1, 0.15) is 23.4 Å². The molecule has 2 rings (SSSR count). The van der Waals surface area contributed by atoms with Gasteiger partial charge in [-0.05, 0) is 82.4 Å². The fourth-order valence-electron chi connectivity index (χ4n) is 3.72. The van der Waals surface area contributed by atoms with Crippen LogP contribution in [0.1, 0.15) is 51.3 Å². The maximum atomic E-state index is 13.8. The van der Waals surface area contributed by atoms with Crippen LogP contribution in [0.5, 0.6) is 5.75 Å². The van der Waals surface area contributed by atoms with Crippen LogP contribution in [0, 0.1) is 6.92 Å². The van der Waals surface area contributed by atoms with E-state index >= 15 is 0 Å². The van der Waals surface area contributed by atoms with E-state index in [4.69, 9.17) is 16.3 Å². The molecule has 37 heavy (non-hydrogen) atoms. The van der Waals surface area contributed by atoms with Crippen molar-refractivity contribution in [3.05, 3.63) is 58.6 Å². The average molecular weight is 550 g/mol. The molecule has 0 saturated carbocycles. The Bertz CT molecular complexity index is 1070. The third-order valence-corrected chi connectivity index (χ3v) is 6.42. The number of halogens is 1. The lowest BCUT2D eigenvalue weighted by atomic mass is 10.0. The number of likely N-dealkylation sites (N-methyl/N-ethyl adjacent to an activating group) is 1. The monoisotopic (exact) mass is 549 g/mol. The Morgan fingerprint density at radius 2 is 1.78 bits per heavy atom. The summed E-state index contributed by atoms with van der Waals surface area (Å²) in [6, 6.07) is 9.42. The van der Waals surface area contributed by atoms with Crippen LogP contribution >= 0.6 is 23.4 Å². The van der Waals surface area contributed by atoms with Crippen LogP contribution < -0.4 is 10.6 Å². The Labute approximate surface area is 228 Å². The van der Waals surface area contributed by atoms with Crippen LogP contribution in [-0.4, -0.2) is 58.1 Å². The molecule has 0 fully saturated rings. The molecule has 0 bridgehead atoms. The minimum atomic E-state index is -1.05. The molecule has 2 aromatic rings. The van der Waals surface area contributed by atoms with Gasteiger partial charge >= 0.3 is 6.09 Å². The topological polar surface area (TPSA) is 108 Å². The van der Waals surface area contributed by atoms with Gasteiger partial charge in [0.05, 0.1) is 10.7 Å². The highest BCUT2D eigenvalue weighted by Gasteiger charge is 2.35. The molecule has 0 aliphatic heterocycles. The lowest BCUT2D eigenvalue weighted by Crippen LogP contribution is -2.52. The van der Waals surface area contributed by atoms with E-state index in [1.807, 2.05) is 19.2 Å². The fraction of sp³-hybridized carbons (Fsp3) is 0.444. The second-order valence-corrected chi connectivity index (χ2v) is 10.9. The van der Waals surface area contributed by atoms with Crippen molar-refractivity contribution in [3.8, 4) is 5.75 Å². The van der Waals surface area contributed by atoms with E-state index in [2.05, 4.69) is 10.6 Å². The molecular formula is C27H36ClN3O5S. The highest BCUT2D eigenvalue weighted by atomic mass is 35.5. The molecular weight excluding hydrogens is 514 g/mol. The number of anilines is 1. The number of hydrogen-bond donors (Lipinski definition) is 3. The van der Waals surface area contributed by atoms with Crippen molar-refractivity contribution in [2.75, 3.05) is 23.9 Å². The van der Waals surface area contributed by atoms with Gasteiger partial charge in [0, 0.05) is 6.54 Å². The summed E-state index contributed by atoms with van der Waals surface area (Å²) < 4.78 is 5.37. The summed E-state index contributed by atoms with van der Waals surface area (Å²) in [4.78, 5) is 41.5. The summed E-state index contributed by atoms with van der Waals surface area (Å²) in [6.45, 7) is 9.00. The summed E-state index contributed by atoms with van der Waals surface area (Å²) in [5, 5.41) is 15.7. The first-order chi connectivity index (χ1) is 17.4. The zero-order valence-corrected chi connectivity index (χ0v) is 23.7. The average Bonchev–Trinajstić information content (AvgIpc) is 2.81. The Morgan fingerprint density at radius 1 is 1.14 bits per heavy atom. The summed E-state index contributed by atoms with van der Waals surface area (Å²) >= 11 is 7.89. The zero-order chi connectivity index (χ0) is 27.8. The van der Waals surface area contributed by atoms with E-state index in [9.17, 15) is 19.5 Å². The Morgan fingerprint density at radius 3 is 2.32 bits per heavy atom. The first-order valence-electron chi connectivity index (χ1n) is 12.0. The van der Waals surface area contributed by atoms with Gasteiger partial charge in [0.2, 0.25) is 5.91 Å². The molecule has 2 atom stereocenters. The summed E-state index contributed by atoms with van der Waals surface area (Å²) in [5.41, 5.74) is 0.982. The van der Waals surface area contributed by atoms with Crippen LogP contribution in [0.25, 0.3) is 0 Å². The first-order valence-corrected chi connectivity index (χ1v) is 13.8. The molecule has 0 aliphatic rings. The largest absolute Gasteiger partial charge is 0.508 e. The molecule has 3 N–H and O–H groups in total. The SMILES string of the molecule is CCN(C(=O)C(CCSC)NC(=O)OC(C)(C)C)C(C(=O)Nc1c(C)cccc1Cl)c1ccc(O)cc1. The van der Waals surface area contributed by atoms with Gasteiger partial charge in [-0.15, -0.1) is 0 Å². The third kappa shape index (κ3) is 8.86. The lowest BCUT2D eigenvalue weighted by Gasteiger charge is -2.34. The molecule has 0 heterocycles. The highest BCUT2D eigenvalue weighted by Crippen LogP contribution is 2.30. The quantitative estimate of drug-likeness (QED) is 0.360. The summed E-state index contributed by atoms with van der Waals surface area (Å²) in [6.07, 6.45) is 1.55. The number of thioether (sulfide) groups is 1. The van der Waals surface area contributed by atoms with Crippen LogP contribution in [0.4, 0.5) is 10.5 Å². The maximum Gasteiger partial charge on any atom is 0.408 e. The van der Waals surface area contributed by atoms with Crippen molar-refractivity contribution >= 4 is 47.0 Å². The molecule has 2 unspecified atom stereocenters. The van der Waals surface area contributed by atoms with Gasteiger partial charge in [-0.25, -0.2) is 4.79 Å². The van der Waals surface area contributed by atoms with Crippen LogP contribution in [0.2, 0.25) is 5.02 Å². The smallest absolute Gasteiger partial charge is 0.408 e. The number of aryl methyl sites for hydroxylation is 1. The molecule has 10 heteroatoms. The van der Waals surface area contributed by atoms with E-state index in [0.29, 0.717) is 28.4 Å². The van der Waals surface area contributed by atoms with Gasteiger partial charge in [-0.1, -0.05) is 35.9 Å². The van der Waals surface area contributed by atoms with Crippen LogP contribution in [0.15, 0.2) is 42.5 Å². The standard InChI is InChI=1S/C27H36ClN3O5S/c1-7-31(25(34)21(15-16-37-6)29-26(35)36-27(3,4)5)23(18-11-13-19(32)14-12-18)24(33)30-22-17(2)9-8-10-20(22)28/h8-14,21,23,32H,7,15-16H2,1-6H3,(H,29,35)(H,30,33). The molecule has 3 amide bonds. The molecule has 0 radical (unpaired) electrons. The first kappa shape index (κ1) is 30.3. The summed E-state index contributed by atoms with van der Waals surface area (Å²) in [7, 11) is 0. The number of phenols is 1. The lowest BCUT2D eigenvalue weighted by molar-refractivity contribution is -0.140. The number of amides is 3. The predicted molar refractivity (Wildman–Crippen MR) is 149 cm³/mol. The number of ether oxygens (including phenoxy) is 1. The van der Waals surface area contributed by atoms with Gasteiger partial charge < -0.3 is 25.4 Å². The van der Waals surface area contributed by atoms with Crippen molar-refractivity contribution in [1.82, 2.24) is 10.2 Å². The van der Waals surface area contributed by atoms with E-state index in [1.165, 1.54) is 28.8 Å². The number of hydrogen-bond acceptors (Lipinski definition) is 6. The van der Waals surface area contributed by atoms with Crippen molar-refractivity contribution in [2.24, 2.45) is 0 Å². The molecule has 0 spiro atoms.